The van der Waals surface area contributed by atoms with Crippen LogP contribution >= 0.6 is 26.3 Å². The van der Waals surface area contributed by atoms with E-state index in [0.29, 0.717) is 0 Å². The van der Waals surface area contributed by atoms with Gasteiger partial charge in [0.15, 0.2) is 0 Å². The minimum absolute atomic E-state index is 0.125. The molecule has 5 heteroatoms. The van der Waals surface area contributed by atoms with Crippen LogP contribution in [0.25, 0.3) is 10.6 Å². The first-order valence-corrected chi connectivity index (χ1v) is 12.4. The van der Waals surface area contributed by atoms with Gasteiger partial charge in [-0.3, -0.25) is 0 Å². The standard InChI is InChI=1S/2C4H8N.2BrH.Ti/c2*1-2-4-5-3-1;;;/h2*1-4H2;2*1H;/q2*-1;;;+2/p-2. The third-order valence-electron chi connectivity index (χ3n) is 1.76. The number of nitrogens with zero attached hydrogens (tertiary/aromatic N) is 2. The summed E-state index contributed by atoms with van der Waals surface area (Å²) >= 11 is 6.50. The molecule has 0 atom stereocenters. The van der Waals surface area contributed by atoms with Crippen LogP contribution in [-0.4, -0.2) is 26.2 Å². The molecule has 0 aromatic heterocycles. The van der Waals surface area contributed by atoms with E-state index in [1.807, 2.05) is 0 Å². The molecule has 2 heterocycles. The van der Waals surface area contributed by atoms with Crippen LogP contribution in [0, 0.1) is 0 Å². The number of hydrogen-bond donors (Lipinski definition) is 0. The fourth-order valence-corrected chi connectivity index (χ4v) is 1.12. The van der Waals surface area contributed by atoms with Gasteiger partial charge < -0.3 is 10.6 Å². The van der Waals surface area contributed by atoms with Crippen molar-refractivity contribution in [3.63, 3.8) is 0 Å². The molecule has 2 rings (SSSR count). The Hall–Kier alpha value is 1.59. The van der Waals surface area contributed by atoms with Crippen molar-refractivity contribution in [2.45, 2.75) is 25.7 Å². The molecule has 0 amide bonds. The van der Waals surface area contributed by atoms with Gasteiger partial charge in [0.25, 0.3) is 0 Å². The third kappa shape index (κ3) is 13.6. The van der Waals surface area contributed by atoms with Gasteiger partial charge in [0, 0.05) is 0 Å². The van der Waals surface area contributed by atoms with Crippen LogP contribution in [0.3, 0.4) is 0 Å². The normalized spacial score (nSPS) is 19.5. The van der Waals surface area contributed by atoms with Gasteiger partial charge in [-0.2, -0.15) is 0 Å². The monoisotopic (exact) mass is 346 g/mol. The first-order valence-electron chi connectivity index (χ1n) is 4.64. The Morgan fingerprint density at radius 3 is 1.00 bits per heavy atom. The third-order valence-corrected chi connectivity index (χ3v) is 1.76. The molecule has 0 N–H and O–H groups in total. The van der Waals surface area contributed by atoms with Crippen molar-refractivity contribution in [2.75, 3.05) is 26.2 Å². The average molecular weight is 348 g/mol. The van der Waals surface area contributed by atoms with Crippen molar-refractivity contribution in [1.29, 1.82) is 0 Å². The zero-order valence-corrected chi connectivity index (χ0v) is 12.5. The van der Waals surface area contributed by atoms with Crippen LogP contribution < -0.4 is 0 Å². The first kappa shape index (κ1) is 14.6. The number of hydrogen-bond acceptors (Lipinski definition) is 0. The molecule has 2 nitrogen and oxygen atoms in total. The van der Waals surface area contributed by atoms with Crippen molar-refractivity contribution < 1.29 is 15.0 Å². The Bertz CT molecular complexity index is 63.0. The van der Waals surface area contributed by atoms with Gasteiger partial charge >= 0.3 is 41.3 Å². The Kier molecular flexibility index (Phi) is 15.3. The molecule has 0 aliphatic carbocycles. The van der Waals surface area contributed by atoms with Gasteiger partial charge in [-0.1, -0.05) is 25.7 Å². The molecule has 0 bridgehead atoms. The summed E-state index contributed by atoms with van der Waals surface area (Å²) in [6, 6.07) is 0. The van der Waals surface area contributed by atoms with E-state index in [9.17, 15) is 0 Å². The van der Waals surface area contributed by atoms with Gasteiger partial charge in [-0.15, -0.1) is 26.2 Å². The van der Waals surface area contributed by atoms with Crippen LogP contribution in [0.5, 0.6) is 0 Å². The zero-order valence-electron chi connectivity index (χ0n) is 7.81. The van der Waals surface area contributed by atoms with E-state index in [2.05, 4.69) is 37.0 Å². The van der Waals surface area contributed by atoms with Gasteiger partial charge in [0.05, 0.1) is 0 Å². The van der Waals surface area contributed by atoms with Gasteiger partial charge in [0.2, 0.25) is 0 Å². The van der Waals surface area contributed by atoms with E-state index in [4.69, 9.17) is 0 Å². The van der Waals surface area contributed by atoms with Crippen LogP contribution in [0.4, 0.5) is 0 Å². The molecule has 0 radical (unpaired) electrons. The van der Waals surface area contributed by atoms with Crippen LogP contribution in [0.2, 0.25) is 0 Å². The molecule has 0 aromatic rings. The summed E-state index contributed by atoms with van der Waals surface area (Å²) in [7, 11) is 0. The molecule has 2 aliphatic heterocycles. The predicted octanol–water partition coefficient (Wildman–Crippen LogP) is 4.00. The molecule has 0 aromatic carbocycles. The summed E-state index contributed by atoms with van der Waals surface area (Å²) in [6.45, 7) is 4.50. The second kappa shape index (κ2) is 13.6. The van der Waals surface area contributed by atoms with E-state index < -0.39 is 0 Å². The SMILES string of the molecule is C1CC[N-]C1.C1CC[N-]C1.[Br][Ti][Br]. The molecule has 0 spiro atoms. The van der Waals surface area contributed by atoms with E-state index in [-0.39, 0.29) is 15.0 Å². The molecule has 0 saturated carbocycles. The van der Waals surface area contributed by atoms with E-state index in [0.717, 1.165) is 26.2 Å². The quantitative estimate of drug-likeness (QED) is 0.593. The van der Waals surface area contributed by atoms with Gasteiger partial charge in [0.1, 0.15) is 0 Å². The Morgan fingerprint density at radius 1 is 0.692 bits per heavy atom. The van der Waals surface area contributed by atoms with Crippen molar-refractivity contribution >= 4 is 26.3 Å². The molecule has 13 heavy (non-hydrogen) atoms. The summed E-state index contributed by atoms with van der Waals surface area (Å²) in [5, 5.41) is 8.17. The van der Waals surface area contributed by atoms with E-state index >= 15 is 0 Å². The second-order valence-corrected chi connectivity index (χ2v) is 10.7. The van der Waals surface area contributed by atoms with Gasteiger partial charge in [-0.05, 0) is 0 Å². The zero-order chi connectivity index (χ0) is 9.78. The summed E-state index contributed by atoms with van der Waals surface area (Å²) in [6.07, 6.45) is 5.33. The number of halogens is 2. The molecule has 2 fully saturated rings. The maximum absolute atomic E-state index is 4.08. The van der Waals surface area contributed by atoms with Crippen LogP contribution in [0.1, 0.15) is 25.7 Å². The van der Waals surface area contributed by atoms with E-state index in [1.54, 1.807) is 0 Å². The van der Waals surface area contributed by atoms with Crippen molar-refractivity contribution in [3.05, 3.63) is 10.6 Å². The minimum atomic E-state index is 0.125. The Morgan fingerprint density at radius 2 is 0.923 bits per heavy atom. The van der Waals surface area contributed by atoms with Gasteiger partial charge in [-0.25, -0.2) is 0 Å². The second-order valence-electron chi connectivity index (χ2n) is 2.83. The fraction of sp³-hybridized carbons (Fsp3) is 1.00. The van der Waals surface area contributed by atoms with Crippen molar-refractivity contribution in [1.82, 2.24) is 0 Å². The first-order chi connectivity index (χ1) is 6.41. The molecule has 2 saturated heterocycles. The summed E-state index contributed by atoms with van der Waals surface area (Å²) in [4.78, 5) is 0. The topological polar surface area (TPSA) is 28.2 Å². The summed E-state index contributed by atoms with van der Waals surface area (Å²) < 4.78 is 0. The molecular weight excluding hydrogens is 332 g/mol. The average Bonchev–Trinajstić information content (AvgIpc) is 2.85. The van der Waals surface area contributed by atoms with Crippen LogP contribution in [-0.2, 0) is 15.0 Å². The fourth-order valence-electron chi connectivity index (χ4n) is 1.12. The van der Waals surface area contributed by atoms with Crippen LogP contribution in [0.15, 0.2) is 0 Å². The Balaban J connectivity index is 0.000000174. The Labute approximate surface area is 103 Å². The molecular formula is C8H16Br2N2Ti-2. The summed E-state index contributed by atoms with van der Waals surface area (Å²) in [5.41, 5.74) is 0. The predicted molar refractivity (Wildman–Crippen MR) is 62.5 cm³/mol. The maximum atomic E-state index is 4.08. The van der Waals surface area contributed by atoms with Crippen molar-refractivity contribution in [3.8, 4) is 0 Å². The molecule has 0 unspecified atom stereocenters. The number of rotatable bonds is 0. The molecule has 2 aliphatic rings. The van der Waals surface area contributed by atoms with E-state index in [1.165, 1.54) is 25.7 Å². The summed E-state index contributed by atoms with van der Waals surface area (Å²) in [5.74, 6) is 0. The molecule has 78 valence electrons. The van der Waals surface area contributed by atoms with Crippen molar-refractivity contribution in [2.24, 2.45) is 0 Å².